The van der Waals surface area contributed by atoms with Crippen molar-refractivity contribution < 1.29 is 4.39 Å². The molecule has 1 aliphatic heterocycles. The average molecular weight is 341 g/mol. The molecular formula is C14H18BrFN4. The Morgan fingerprint density at radius 1 is 1.50 bits per heavy atom. The van der Waals surface area contributed by atoms with E-state index in [-0.39, 0.29) is 5.82 Å². The standard InChI is InChI=1S/C14H18BrFN4/c1-2-19-5-3-4-9(8-19)20-13-6-10(15)11(16)7-12(13)18-14(20)17/h6-7,9H,2-5,8H2,1H3,(H2,17,18). The van der Waals surface area contributed by atoms with Crippen LogP contribution in [0.25, 0.3) is 11.0 Å². The van der Waals surface area contributed by atoms with E-state index in [2.05, 4.69) is 37.3 Å². The molecule has 1 unspecified atom stereocenters. The van der Waals surface area contributed by atoms with E-state index in [4.69, 9.17) is 5.73 Å². The van der Waals surface area contributed by atoms with Crippen LogP contribution in [0.4, 0.5) is 10.3 Å². The van der Waals surface area contributed by atoms with E-state index < -0.39 is 0 Å². The third-order valence-electron chi connectivity index (χ3n) is 4.05. The quantitative estimate of drug-likeness (QED) is 0.913. The van der Waals surface area contributed by atoms with Crippen molar-refractivity contribution in [2.45, 2.75) is 25.8 Å². The summed E-state index contributed by atoms with van der Waals surface area (Å²) in [4.78, 5) is 6.72. The number of benzene rings is 1. The highest BCUT2D eigenvalue weighted by Gasteiger charge is 2.24. The molecular weight excluding hydrogens is 323 g/mol. The molecule has 1 fully saturated rings. The molecule has 1 atom stereocenters. The van der Waals surface area contributed by atoms with E-state index in [1.54, 1.807) is 6.07 Å². The van der Waals surface area contributed by atoms with Gasteiger partial charge in [-0.05, 0) is 47.9 Å². The van der Waals surface area contributed by atoms with Crippen LogP contribution in [-0.4, -0.2) is 34.1 Å². The molecule has 108 valence electrons. The van der Waals surface area contributed by atoms with Crippen molar-refractivity contribution in [1.82, 2.24) is 14.5 Å². The molecule has 1 saturated heterocycles. The molecule has 0 amide bonds. The molecule has 4 nitrogen and oxygen atoms in total. The van der Waals surface area contributed by atoms with Gasteiger partial charge in [-0.2, -0.15) is 0 Å². The summed E-state index contributed by atoms with van der Waals surface area (Å²) in [5, 5.41) is 0. The van der Waals surface area contributed by atoms with Crippen LogP contribution in [0.15, 0.2) is 16.6 Å². The lowest BCUT2D eigenvalue weighted by Gasteiger charge is -2.33. The van der Waals surface area contributed by atoms with Gasteiger partial charge in [0.25, 0.3) is 0 Å². The minimum absolute atomic E-state index is 0.305. The Morgan fingerprint density at radius 3 is 3.05 bits per heavy atom. The Labute approximate surface area is 125 Å². The first-order valence-corrected chi connectivity index (χ1v) is 7.74. The first-order valence-electron chi connectivity index (χ1n) is 6.95. The lowest BCUT2D eigenvalue weighted by molar-refractivity contribution is 0.188. The van der Waals surface area contributed by atoms with Crippen molar-refractivity contribution in [3.8, 4) is 0 Å². The number of fused-ring (bicyclic) bond motifs is 1. The van der Waals surface area contributed by atoms with Gasteiger partial charge in [-0.3, -0.25) is 0 Å². The number of imidazole rings is 1. The molecule has 20 heavy (non-hydrogen) atoms. The summed E-state index contributed by atoms with van der Waals surface area (Å²) in [5.74, 6) is 0.168. The van der Waals surface area contributed by atoms with E-state index in [9.17, 15) is 4.39 Å². The van der Waals surface area contributed by atoms with Crippen LogP contribution in [0.1, 0.15) is 25.8 Å². The maximum atomic E-state index is 13.6. The normalized spacial score (nSPS) is 20.6. The second-order valence-electron chi connectivity index (χ2n) is 5.28. The van der Waals surface area contributed by atoms with Gasteiger partial charge in [0.1, 0.15) is 5.82 Å². The summed E-state index contributed by atoms with van der Waals surface area (Å²) in [7, 11) is 0. The summed E-state index contributed by atoms with van der Waals surface area (Å²) in [6, 6.07) is 3.53. The van der Waals surface area contributed by atoms with E-state index in [0.29, 0.717) is 22.0 Å². The maximum Gasteiger partial charge on any atom is 0.201 e. The number of hydrogen-bond acceptors (Lipinski definition) is 3. The number of nitrogen functional groups attached to an aromatic ring is 1. The first kappa shape index (κ1) is 13.8. The van der Waals surface area contributed by atoms with Gasteiger partial charge in [-0.25, -0.2) is 9.37 Å². The zero-order chi connectivity index (χ0) is 14.3. The SMILES string of the molecule is CCN1CCCC(n2c(N)nc3cc(F)c(Br)cc32)C1. The molecule has 2 heterocycles. The highest BCUT2D eigenvalue weighted by molar-refractivity contribution is 9.10. The number of piperidine rings is 1. The zero-order valence-corrected chi connectivity index (χ0v) is 13.0. The van der Waals surface area contributed by atoms with Crippen molar-refractivity contribution in [3.63, 3.8) is 0 Å². The van der Waals surface area contributed by atoms with Crippen molar-refractivity contribution >= 4 is 32.9 Å². The second kappa shape index (κ2) is 5.33. The van der Waals surface area contributed by atoms with E-state index in [1.807, 2.05) is 0 Å². The Bertz CT molecular complexity index is 640. The van der Waals surface area contributed by atoms with Gasteiger partial charge in [0, 0.05) is 18.7 Å². The summed E-state index contributed by atoms with van der Waals surface area (Å²) in [6.45, 7) is 5.32. The molecule has 1 aromatic carbocycles. The molecule has 6 heteroatoms. The fourth-order valence-corrected chi connectivity index (χ4v) is 3.35. The zero-order valence-electron chi connectivity index (χ0n) is 11.4. The topological polar surface area (TPSA) is 47.1 Å². The van der Waals surface area contributed by atoms with Crippen LogP contribution in [0.5, 0.6) is 0 Å². The number of likely N-dealkylation sites (tertiary alicyclic amines) is 1. The van der Waals surface area contributed by atoms with Crippen molar-refractivity contribution in [3.05, 3.63) is 22.4 Å². The maximum absolute atomic E-state index is 13.6. The largest absolute Gasteiger partial charge is 0.369 e. The van der Waals surface area contributed by atoms with Crippen LogP contribution >= 0.6 is 15.9 Å². The predicted octanol–water partition coefficient (Wildman–Crippen LogP) is 3.18. The van der Waals surface area contributed by atoms with Gasteiger partial charge in [0.15, 0.2) is 0 Å². The van der Waals surface area contributed by atoms with Gasteiger partial charge in [0.2, 0.25) is 5.95 Å². The number of nitrogens with zero attached hydrogens (tertiary/aromatic N) is 3. The Morgan fingerprint density at radius 2 is 2.30 bits per heavy atom. The molecule has 1 aliphatic rings. The average Bonchev–Trinajstić information content (AvgIpc) is 2.74. The van der Waals surface area contributed by atoms with Crippen LogP contribution in [-0.2, 0) is 0 Å². The molecule has 3 rings (SSSR count). The van der Waals surface area contributed by atoms with Crippen molar-refractivity contribution in [1.29, 1.82) is 0 Å². The lowest BCUT2D eigenvalue weighted by Crippen LogP contribution is -2.36. The van der Waals surface area contributed by atoms with E-state index >= 15 is 0 Å². The molecule has 2 N–H and O–H groups in total. The second-order valence-corrected chi connectivity index (χ2v) is 6.14. The van der Waals surface area contributed by atoms with Gasteiger partial charge in [-0.1, -0.05) is 6.92 Å². The molecule has 1 aromatic heterocycles. The Kier molecular flexibility index (Phi) is 3.69. The Balaban J connectivity index is 2.06. The number of anilines is 1. The number of rotatable bonds is 2. The van der Waals surface area contributed by atoms with Crippen LogP contribution in [0.2, 0.25) is 0 Å². The minimum Gasteiger partial charge on any atom is -0.369 e. The summed E-state index contributed by atoms with van der Waals surface area (Å²) < 4.78 is 16.1. The monoisotopic (exact) mass is 340 g/mol. The molecule has 0 saturated carbocycles. The highest BCUT2D eigenvalue weighted by atomic mass is 79.9. The number of hydrogen-bond donors (Lipinski definition) is 1. The summed E-state index contributed by atoms with van der Waals surface area (Å²) in [6.07, 6.45) is 2.24. The fraction of sp³-hybridized carbons (Fsp3) is 0.500. The number of aromatic nitrogens is 2. The van der Waals surface area contributed by atoms with Gasteiger partial charge >= 0.3 is 0 Å². The molecule has 0 aliphatic carbocycles. The number of likely N-dealkylation sites (N-methyl/N-ethyl adjacent to an activating group) is 1. The smallest absolute Gasteiger partial charge is 0.201 e. The van der Waals surface area contributed by atoms with Gasteiger partial charge < -0.3 is 15.2 Å². The van der Waals surface area contributed by atoms with Crippen molar-refractivity contribution in [2.24, 2.45) is 0 Å². The third kappa shape index (κ3) is 2.31. The van der Waals surface area contributed by atoms with Crippen LogP contribution in [0.3, 0.4) is 0 Å². The Hall–Kier alpha value is -1.14. The molecule has 2 aromatic rings. The van der Waals surface area contributed by atoms with E-state index in [0.717, 1.165) is 38.0 Å². The first-order chi connectivity index (χ1) is 9.60. The summed E-state index contributed by atoms with van der Waals surface area (Å²) >= 11 is 3.24. The van der Waals surface area contributed by atoms with E-state index in [1.165, 1.54) is 6.07 Å². The lowest BCUT2D eigenvalue weighted by atomic mass is 10.1. The molecule has 0 radical (unpaired) electrons. The van der Waals surface area contributed by atoms with Crippen LogP contribution in [0, 0.1) is 5.82 Å². The van der Waals surface area contributed by atoms with Crippen LogP contribution < -0.4 is 5.73 Å². The summed E-state index contributed by atoms with van der Waals surface area (Å²) in [5.41, 5.74) is 7.59. The van der Waals surface area contributed by atoms with Crippen molar-refractivity contribution in [2.75, 3.05) is 25.4 Å². The predicted molar refractivity (Wildman–Crippen MR) is 82.2 cm³/mol. The minimum atomic E-state index is -0.305. The highest BCUT2D eigenvalue weighted by Crippen LogP contribution is 2.31. The fourth-order valence-electron chi connectivity index (χ4n) is 3.02. The number of halogens is 2. The molecule has 0 bridgehead atoms. The van der Waals surface area contributed by atoms with Gasteiger partial charge in [0.05, 0.1) is 15.5 Å². The number of nitrogens with two attached hydrogens (primary N) is 1. The van der Waals surface area contributed by atoms with Gasteiger partial charge in [-0.15, -0.1) is 0 Å². The third-order valence-corrected chi connectivity index (χ3v) is 4.66. The molecule has 0 spiro atoms.